The van der Waals surface area contributed by atoms with Gasteiger partial charge in [0.05, 0.1) is 12.2 Å². The molecule has 1 aliphatic heterocycles. The van der Waals surface area contributed by atoms with Crippen LogP contribution in [0.15, 0.2) is 30.3 Å². The molecule has 0 aliphatic carbocycles. The van der Waals surface area contributed by atoms with E-state index in [2.05, 4.69) is 21.8 Å². The van der Waals surface area contributed by atoms with Crippen LogP contribution in [0.3, 0.4) is 0 Å². The minimum absolute atomic E-state index is 0.0673. The van der Waals surface area contributed by atoms with Crippen molar-refractivity contribution in [2.24, 2.45) is 0 Å². The average molecular weight is 356 g/mol. The highest BCUT2D eigenvalue weighted by atomic mass is 32.2. The summed E-state index contributed by atoms with van der Waals surface area (Å²) in [7, 11) is -1.37. The second-order valence-electron chi connectivity index (χ2n) is 6.55. The summed E-state index contributed by atoms with van der Waals surface area (Å²) in [5, 5.41) is 0. The first-order valence-corrected chi connectivity index (χ1v) is 9.93. The largest absolute Gasteiger partial charge is 0.373 e. The van der Waals surface area contributed by atoms with E-state index < -0.39 is 10.2 Å². The minimum atomic E-state index is -3.42. The second-order valence-corrected chi connectivity index (χ2v) is 8.31. The first kappa shape index (κ1) is 19.3. The van der Waals surface area contributed by atoms with Crippen LogP contribution < -0.4 is 4.72 Å². The summed E-state index contributed by atoms with van der Waals surface area (Å²) in [5.74, 6) is 0. The summed E-state index contributed by atoms with van der Waals surface area (Å²) >= 11 is 0. The zero-order valence-electron chi connectivity index (χ0n) is 14.8. The third-order valence-electron chi connectivity index (χ3n) is 4.02. The summed E-state index contributed by atoms with van der Waals surface area (Å²) in [5.41, 5.74) is 1.26. The lowest BCUT2D eigenvalue weighted by molar-refractivity contribution is -0.0443. The maximum absolute atomic E-state index is 12.4. The zero-order valence-corrected chi connectivity index (χ0v) is 15.6. The third kappa shape index (κ3) is 6.14. The smallest absolute Gasteiger partial charge is 0.279 e. The molecular weight excluding hydrogens is 326 g/mol. The van der Waals surface area contributed by atoms with Gasteiger partial charge >= 0.3 is 0 Å². The molecule has 7 heteroatoms. The van der Waals surface area contributed by atoms with Crippen molar-refractivity contribution < 1.29 is 13.2 Å². The molecule has 1 N–H and O–H groups in total. The zero-order chi connectivity index (χ0) is 17.6. The number of morpholine rings is 1. The van der Waals surface area contributed by atoms with Crippen LogP contribution in [0.5, 0.6) is 0 Å². The normalized spacial score (nSPS) is 22.8. The highest BCUT2D eigenvalue weighted by Gasteiger charge is 2.30. The van der Waals surface area contributed by atoms with Crippen LogP contribution in [0.1, 0.15) is 25.8 Å². The molecule has 0 bridgehead atoms. The molecule has 0 spiro atoms. The Labute approximate surface area is 146 Å². The van der Waals surface area contributed by atoms with Gasteiger partial charge in [0.2, 0.25) is 0 Å². The van der Waals surface area contributed by atoms with E-state index in [1.807, 2.05) is 39.1 Å². The van der Waals surface area contributed by atoms with Crippen molar-refractivity contribution in [2.75, 3.05) is 33.2 Å². The van der Waals surface area contributed by atoms with E-state index in [9.17, 15) is 8.42 Å². The van der Waals surface area contributed by atoms with Crippen molar-refractivity contribution in [1.82, 2.24) is 13.9 Å². The maximum Gasteiger partial charge on any atom is 0.279 e. The van der Waals surface area contributed by atoms with E-state index in [0.717, 1.165) is 19.5 Å². The van der Waals surface area contributed by atoms with Gasteiger partial charge in [-0.2, -0.15) is 12.7 Å². The summed E-state index contributed by atoms with van der Waals surface area (Å²) < 4.78 is 34.5. The molecule has 1 aliphatic rings. The van der Waals surface area contributed by atoms with E-state index in [-0.39, 0.29) is 12.2 Å². The molecule has 24 heavy (non-hydrogen) atoms. The van der Waals surface area contributed by atoms with Gasteiger partial charge in [-0.3, -0.25) is 0 Å². The van der Waals surface area contributed by atoms with Gasteiger partial charge in [0.15, 0.2) is 0 Å². The fraction of sp³-hybridized carbons (Fsp3) is 0.647. The molecule has 2 rings (SSSR count). The van der Waals surface area contributed by atoms with E-state index in [1.165, 1.54) is 9.87 Å². The van der Waals surface area contributed by atoms with Crippen molar-refractivity contribution in [3.05, 3.63) is 35.9 Å². The number of benzene rings is 1. The van der Waals surface area contributed by atoms with Gasteiger partial charge in [0.25, 0.3) is 10.2 Å². The third-order valence-corrected chi connectivity index (χ3v) is 5.57. The molecule has 1 saturated heterocycles. The topological polar surface area (TPSA) is 61.9 Å². The molecule has 0 aromatic heterocycles. The predicted octanol–water partition coefficient (Wildman–Crippen LogP) is 1.45. The Morgan fingerprint density at radius 3 is 2.46 bits per heavy atom. The molecule has 2 unspecified atom stereocenters. The van der Waals surface area contributed by atoms with Crippen molar-refractivity contribution >= 4 is 10.2 Å². The minimum Gasteiger partial charge on any atom is -0.373 e. The first-order chi connectivity index (χ1) is 11.4. The lowest BCUT2D eigenvalue weighted by Crippen LogP contribution is -2.52. The van der Waals surface area contributed by atoms with E-state index >= 15 is 0 Å². The van der Waals surface area contributed by atoms with Crippen LogP contribution in [0.25, 0.3) is 0 Å². The fourth-order valence-electron chi connectivity index (χ4n) is 2.94. The number of ether oxygens (including phenoxy) is 1. The van der Waals surface area contributed by atoms with E-state index in [4.69, 9.17) is 4.74 Å². The number of rotatable bonds is 8. The van der Waals surface area contributed by atoms with Crippen molar-refractivity contribution in [3.8, 4) is 0 Å². The highest BCUT2D eigenvalue weighted by Crippen LogP contribution is 2.13. The Morgan fingerprint density at radius 2 is 1.83 bits per heavy atom. The maximum atomic E-state index is 12.4. The summed E-state index contributed by atoms with van der Waals surface area (Å²) in [6, 6.07) is 10.3. The van der Waals surface area contributed by atoms with Crippen LogP contribution in [0, 0.1) is 0 Å². The molecular formula is C17H29N3O3S. The Kier molecular flexibility index (Phi) is 7.18. The number of nitrogens with zero attached hydrogens (tertiary/aromatic N) is 2. The Bertz CT molecular complexity index is 584. The van der Waals surface area contributed by atoms with Gasteiger partial charge in [0, 0.05) is 26.2 Å². The Morgan fingerprint density at radius 1 is 1.21 bits per heavy atom. The highest BCUT2D eigenvalue weighted by molar-refractivity contribution is 7.87. The lowest BCUT2D eigenvalue weighted by atomic mass is 10.2. The van der Waals surface area contributed by atoms with Gasteiger partial charge in [0.1, 0.15) is 0 Å². The fourth-order valence-corrected chi connectivity index (χ4v) is 4.34. The van der Waals surface area contributed by atoms with E-state index in [0.29, 0.717) is 19.6 Å². The molecule has 1 aromatic carbocycles. The average Bonchev–Trinajstić information content (AvgIpc) is 2.52. The van der Waals surface area contributed by atoms with Crippen molar-refractivity contribution in [1.29, 1.82) is 0 Å². The van der Waals surface area contributed by atoms with Gasteiger partial charge in [-0.15, -0.1) is 0 Å². The molecule has 0 radical (unpaired) electrons. The molecule has 1 fully saturated rings. The predicted molar refractivity (Wildman–Crippen MR) is 95.9 cm³/mol. The van der Waals surface area contributed by atoms with Crippen LogP contribution in [-0.2, 0) is 21.5 Å². The molecule has 2 atom stereocenters. The lowest BCUT2D eigenvalue weighted by Gasteiger charge is -2.34. The molecule has 6 nitrogen and oxygen atoms in total. The Balaban J connectivity index is 1.71. The first-order valence-electron chi connectivity index (χ1n) is 8.49. The summed E-state index contributed by atoms with van der Waals surface area (Å²) in [6.07, 6.45) is 0.641. The van der Waals surface area contributed by atoms with Gasteiger partial charge in [-0.25, -0.2) is 4.72 Å². The molecule has 0 amide bonds. The number of hydrogen-bond donors (Lipinski definition) is 1. The molecule has 136 valence electrons. The van der Waals surface area contributed by atoms with E-state index in [1.54, 1.807) is 0 Å². The standard InChI is InChI=1S/C17H29N3O3S/c1-15-12-20(13-16(2)23-15)24(21,22)18-10-7-11-19(3)14-17-8-5-4-6-9-17/h4-6,8-9,15-16,18H,7,10-14H2,1-3H3. The number of nitrogens with one attached hydrogen (secondary N) is 1. The Hall–Kier alpha value is -0.990. The van der Waals surface area contributed by atoms with Crippen LogP contribution in [-0.4, -0.2) is 63.1 Å². The van der Waals surface area contributed by atoms with Crippen molar-refractivity contribution in [3.63, 3.8) is 0 Å². The SMILES string of the molecule is CC1CN(S(=O)(=O)NCCCN(C)Cc2ccccc2)CC(C)O1. The number of hydrogen-bond acceptors (Lipinski definition) is 4. The van der Waals surface area contributed by atoms with Crippen molar-refractivity contribution in [2.45, 2.75) is 39.0 Å². The van der Waals surface area contributed by atoms with Gasteiger partial charge in [-0.05, 0) is 39.4 Å². The van der Waals surface area contributed by atoms with Crippen LogP contribution in [0.2, 0.25) is 0 Å². The molecule has 0 saturated carbocycles. The summed E-state index contributed by atoms with van der Waals surface area (Å²) in [4.78, 5) is 2.20. The monoisotopic (exact) mass is 355 g/mol. The molecule has 1 heterocycles. The second kappa shape index (κ2) is 8.92. The van der Waals surface area contributed by atoms with Crippen LogP contribution >= 0.6 is 0 Å². The molecule has 1 aromatic rings. The quantitative estimate of drug-likeness (QED) is 0.717. The van der Waals surface area contributed by atoms with Gasteiger partial charge in [-0.1, -0.05) is 30.3 Å². The van der Waals surface area contributed by atoms with Gasteiger partial charge < -0.3 is 9.64 Å². The summed E-state index contributed by atoms with van der Waals surface area (Å²) in [6.45, 7) is 6.77. The van der Waals surface area contributed by atoms with Crippen LogP contribution in [0.4, 0.5) is 0 Å².